The molecule has 160 valence electrons. The number of hydrogen-bond acceptors (Lipinski definition) is 6. The van der Waals surface area contributed by atoms with E-state index in [2.05, 4.69) is 5.10 Å². The van der Waals surface area contributed by atoms with Gasteiger partial charge in [0.2, 0.25) is 10.0 Å². The molecule has 0 spiro atoms. The highest BCUT2D eigenvalue weighted by molar-refractivity contribution is 7.89. The van der Waals surface area contributed by atoms with Crippen LogP contribution in [0.4, 0.5) is 4.39 Å². The maximum absolute atomic E-state index is 12.7. The monoisotopic (exact) mass is 451 g/mol. The maximum Gasteiger partial charge on any atom is 0.346 e. The number of rotatable bonds is 8. The minimum Gasteiger partial charge on any atom is -0.327 e. The number of halogens is 1. The van der Waals surface area contributed by atoms with Gasteiger partial charge in [-0.25, -0.2) is 26.6 Å². The number of aromatic nitrogens is 3. The Balaban J connectivity index is 1.76. The summed E-state index contributed by atoms with van der Waals surface area (Å²) in [7, 11) is -0.493. The minimum absolute atomic E-state index is 0.0106. The Kier molecular flexibility index (Phi) is 6.66. The molecule has 0 aliphatic heterocycles. The molecule has 0 unspecified atom stereocenters. The molecule has 0 bridgehead atoms. The van der Waals surface area contributed by atoms with Gasteiger partial charge in [-0.3, -0.25) is 4.57 Å². The van der Waals surface area contributed by atoms with E-state index in [1.165, 1.54) is 40.6 Å². The second kappa shape index (κ2) is 9.04. The van der Waals surface area contributed by atoms with Crippen molar-refractivity contribution in [3.63, 3.8) is 0 Å². The zero-order valence-corrected chi connectivity index (χ0v) is 18.2. The van der Waals surface area contributed by atoms with Crippen LogP contribution < -0.4 is 11.4 Å². The van der Waals surface area contributed by atoms with Crippen molar-refractivity contribution in [1.29, 1.82) is 0 Å². The minimum atomic E-state index is -3.47. The van der Waals surface area contributed by atoms with E-state index in [4.69, 9.17) is 5.73 Å². The van der Waals surface area contributed by atoms with Gasteiger partial charge >= 0.3 is 5.69 Å². The smallest absolute Gasteiger partial charge is 0.327 e. The Hall–Kier alpha value is -2.60. The molecule has 0 aliphatic carbocycles. The zero-order chi connectivity index (χ0) is 21.9. The lowest BCUT2D eigenvalue weighted by Gasteiger charge is -2.11. The Labute approximate surface area is 177 Å². The van der Waals surface area contributed by atoms with Gasteiger partial charge in [0.05, 0.1) is 24.3 Å². The van der Waals surface area contributed by atoms with Gasteiger partial charge in [-0.05, 0) is 35.4 Å². The molecule has 11 heteroatoms. The van der Waals surface area contributed by atoms with Gasteiger partial charge in [-0.2, -0.15) is 5.10 Å². The van der Waals surface area contributed by atoms with Gasteiger partial charge in [-0.15, -0.1) is 11.3 Å². The molecule has 30 heavy (non-hydrogen) atoms. The second-order valence-corrected chi connectivity index (χ2v) is 10.1. The van der Waals surface area contributed by atoms with Crippen LogP contribution in [-0.4, -0.2) is 47.7 Å². The molecule has 0 fully saturated rings. The van der Waals surface area contributed by atoms with Gasteiger partial charge in [0.1, 0.15) is 6.33 Å². The van der Waals surface area contributed by atoms with Crippen LogP contribution in [0.3, 0.4) is 0 Å². The summed E-state index contributed by atoms with van der Waals surface area (Å²) in [6.07, 6.45) is 1.81. The first-order valence-corrected chi connectivity index (χ1v) is 11.2. The fourth-order valence-electron chi connectivity index (χ4n) is 2.71. The van der Waals surface area contributed by atoms with Crippen LogP contribution in [0.2, 0.25) is 0 Å². The normalized spacial score (nSPS) is 12.6. The number of nitrogens with two attached hydrogens (primary N) is 1. The van der Waals surface area contributed by atoms with Crippen LogP contribution in [0.5, 0.6) is 0 Å². The average Bonchev–Trinajstić information content (AvgIpc) is 3.34. The summed E-state index contributed by atoms with van der Waals surface area (Å²) in [5.74, 6) is 0. The van der Waals surface area contributed by atoms with Gasteiger partial charge in [-0.1, -0.05) is 12.1 Å². The Morgan fingerprint density at radius 3 is 2.53 bits per heavy atom. The zero-order valence-electron chi connectivity index (χ0n) is 16.5. The molecule has 2 aromatic heterocycles. The van der Waals surface area contributed by atoms with Crippen LogP contribution in [0.1, 0.15) is 4.88 Å². The fraction of sp³-hybridized carbons (Fsp3) is 0.263. The summed E-state index contributed by atoms with van der Waals surface area (Å²) in [5.41, 5.74) is 6.23. The lowest BCUT2D eigenvalue weighted by Crippen LogP contribution is -2.26. The predicted octanol–water partition coefficient (Wildman–Crippen LogP) is 1.88. The highest BCUT2D eigenvalue weighted by Crippen LogP contribution is 2.29. The number of sulfonamides is 1. The molecule has 1 aromatic carbocycles. The SMILES string of the molecule is CN(C)S(=O)(=O)c1ccc(-c2ccc(Cn3cnn(C/C(=C/F)CN)c3=O)s2)cc1. The van der Waals surface area contributed by atoms with E-state index >= 15 is 0 Å². The predicted molar refractivity (Wildman–Crippen MR) is 114 cm³/mol. The van der Waals surface area contributed by atoms with Crippen LogP contribution in [0.25, 0.3) is 10.4 Å². The molecule has 0 radical (unpaired) electrons. The number of thiophene rings is 1. The van der Waals surface area contributed by atoms with Crippen molar-refractivity contribution in [2.45, 2.75) is 18.0 Å². The van der Waals surface area contributed by atoms with Crippen molar-refractivity contribution in [3.05, 3.63) is 70.0 Å². The number of benzene rings is 1. The molecular weight excluding hydrogens is 429 g/mol. The molecule has 0 saturated heterocycles. The summed E-state index contributed by atoms with van der Waals surface area (Å²) in [6.45, 7) is 0.351. The molecule has 2 N–H and O–H groups in total. The lowest BCUT2D eigenvalue weighted by molar-refractivity contribution is 0.521. The lowest BCUT2D eigenvalue weighted by atomic mass is 10.2. The molecule has 8 nitrogen and oxygen atoms in total. The highest BCUT2D eigenvalue weighted by atomic mass is 32.2. The molecule has 2 heterocycles. The Morgan fingerprint density at radius 1 is 1.23 bits per heavy atom. The second-order valence-electron chi connectivity index (χ2n) is 6.75. The van der Waals surface area contributed by atoms with Crippen molar-refractivity contribution in [3.8, 4) is 10.4 Å². The van der Waals surface area contributed by atoms with Crippen LogP contribution in [-0.2, 0) is 23.1 Å². The topological polar surface area (TPSA) is 103 Å². The van der Waals surface area contributed by atoms with Crippen molar-refractivity contribution < 1.29 is 12.8 Å². The van der Waals surface area contributed by atoms with E-state index in [1.807, 2.05) is 12.1 Å². The summed E-state index contributed by atoms with van der Waals surface area (Å²) >= 11 is 1.49. The molecule has 0 atom stereocenters. The molecule has 0 aliphatic rings. The quantitative estimate of drug-likeness (QED) is 0.563. The highest BCUT2D eigenvalue weighted by Gasteiger charge is 2.17. The first-order chi connectivity index (χ1) is 14.3. The van der Waals surface area contributed by atoms with Crippen molar-refractivity contribution in [1.82, 2.24) is 18.7 Å². The van der Waals surface area contributed by atoms with Gasteiger partial charge in [0.15, 0.2) is 0 Å². The van der Waals surface area contributed by atoms with Crippen LogP contribution in [0.15, 0.2) is 64.3 Å². The van der Waals surface area contributed by atoms with Crippen LogP contribution in [0, 0.1) is 0 Å². The molecule has 3 aromatic rings. The Bertz CT molecular complexity index is 1210. The first kappa shape index (κ1) is 22.1. The largest absolute Gasteiger partial charge is 0.346 e. The maximum atomic E-state index is 12.7. The third-order valence-corrected chi connectivity index (χ3v) is 7.42. The van der Waals surface area contributed by atoms with E-state index in [9.17, 15) is 17.6 Å². The fourth-order valence-corrected chi connectivity index (χ4v) is 4.63. The van der Waals surface area contributed by atoms with E-state index in [0.29, 0.717) is 12.9 Å². The summed E-state index contributed by atoms with van der Waals surface area (Å²) in [4.78, 5) is 14.5. The van der Waals surface area contributed by atoms with Crippen molar-refractivity contribution >= 4 is 21.4 Å². The molecule has 0 amide bonds. The first-order valence-electron chi connectivity index (χ1n) is 8.98. The molecule has 3 rings (SSSR count). The van der Waals surface area contributed by atoms with Gasteiger partial charge in [0, 0.05) is 30.4 Å². The van der Waals surface area contributed by atoms with Crippen LogP contribution >= 0.6 is 11.3 Å². The van der Waals surface area contributed by atoms with E-state index < -0.39 is 10.0 Å². The number of nitrogens with zero attached hydrogens (tertiary/aromatic N) is 4. The van der Waals surface area contributed by atoms with Gasteiger partial charge < -0.3 is 5.73 Å². The van der Waals surface area contributed by atoms with Crippen molar-refractivity contribution in [2.24, 2.45) is 5.73 Å². The Morgan fingerprint density at radius 2 is 1.93 bits per heavy atom. The van der Waals surface area contributed by atoms with E-state index in [0.717, 1.165) is 20.0 Å². The summed E-state index contributed by atoms with van der Waals surface area (Å²) < 4.78 is 40.8. The average molecular weight is 452 g/mol. The number of hydrogen-bond donors (Lipinski definition) is 1. The molecule has 0 saturated carbocycles. The summed E-state index contributed by atoms with van der Waals surface area (Å²) in [5, 5.41) is 4.01. The van der Waals surface area contributed by atoms with Gasteiger partial charge in [0.25, 0.3) is 0 Å². The third kappa shape index (κ3) is 4.59. The molecular formula is C19H22FN5O3S2. The summed E-state index contributed by atoms with van der Waals surface area (Å²) in [6, 6.07) is 10.5. The standard InChI is InChI=1S/C19H22FN5O3S2/c1-23(2)30(27,28)17-6-3-15(4-7-17)18-8-5-16(29-18)12-24-13-22-25(19(24)26)11-14(9-20)10-21/h3-9,13H,10-12,21H2,1-2H3/b14-9+. The van der Waals surface area contributed by atoms with E-state index in [1.54, 1.807) is 24.3 Å². The van der Waals surface area contributed by atoms with E-state index in [-0.39, 0.29) is 29.2 Å². The third-order valence-electron chi connectivity index (χ3n) is 4.47. The van der Waals surface area contributed by atoms with Crippen molar-refractivity contribution in [2.75, 3.05) is 20.6 Å².